The second kappa shape index (κ2) is 7.82. The highest BCUT2D eigenvalue weighted by Gasteiger charge is 2.17. The molecule has 0 heterocycles. The Morgan fingerprint density at radius 2 is 1.88 bits per heavy atom. The van der Waals surface area contributed by atoms with E-state index in [4.69, 9.17) is 4.74 Å². The van der Waals surface area contributed by atoms with Crippen LogP contribution in [0.5, 0.6) is 0 Å². The van der Waals surface area contributed by atoms with E-state index in [9.17, 15) is 9.59 Å². The van der Waals surface area contributed by atoms with Crippen molar-refractivity contribution in [2.75, 3.05) is 13.6 Å². The van der Waals surface area contributed by atoms with Gasteiger partial charge in [-0.2, -0.15) is 0 Å². The van der Waals surface area contributed by atoms with Gasteiger partial charge in [-0.05, 0) is 63.1 Å². The fourth-order valence-electron chi connectivity index (χ4n) is 3.02. The molecule has 0 saturated heterocycles. The lowest BCUT2D eigenvalue weighted by Crippen LogP contribution is -2.30. The number of fused-ring (bicyclic) bond motifs is 1. The number of amides is 1. The lowest BCUT2D eigenvalue weighted by molar-refractivity contribution is -0.155. The number of hydrogen-bond donors (Lipinski definition) is 0. The standard InChI is InChI=1S/C20H29NO3/c1-20(2,3)24-19(23)9-6-12-21(4)18(22)14-15-10-11-16-7-5-8-17(16)13-15/h10-11,13H,5-9,12,14H2,1-4H3. The molecule has 4 heteroatoms. The summed E-state index contributed by atoms with van der Waals surface area (Å²) in [6.45, 7) is 6.15. The molecule has 0 bridgehead atoms. The lowest BCUT2D eigenvalue weighted by Gasteiger charge is -2.20. The van der Waals surface area contributed by atoms with E-state index in [2.05, 4.69) is 18.2 Å². The van der Waals surface area contributed by atoms with Crippen LogP contribution in [0.4, 0.5) is 0 Å². The summed E-state index contributed by atoms with van der Waals surface area (Å²) in [5.41, 5.74) is 3.45. The summed E-state index contributed by atoms with van der Waals surface area (Å²) in [5, 5.41) is 0. The highest BCUT2D eigenvalue weighted by atomic mass is 16.6. The van der Waals surface area contributed by atoms with Gasteiger partial charge >= 0.3 is 5.97 Å². The van der Waals surface area contributed by atoms with Crippen molar-refractivity contribution in [3.8, 4) is 0 Å². The summed E-state index contributed by atoms with van der Waals surface area (Å²) < 4.78 is 5.28. The number of rotatable bonds is 6. The maximum absolute atomic E-state index is 12.3. The number of hydrogen-bond acceptors (Lipinski definition) is 3. The SMILES string of the molecule is CN(CCCC(=O)OC(C)(C)C)C(=O)Cc1ccc2c(c1)CCC2. The van der Waals surface area contributed by atoms with E-state index in [-0.39, 0.29) is 11.9 Å². The lowest BCUT2D eigenvalue weighted by atomic mass is 10.0. The smallest absolute Gasteiger partial charge is 0.306 e. The fourth-order valence-corrected chi connectivity index (χ4v) is 3.02. The molecule has 0 aliphatic heterocycles. The fraction of sp³-hybridized carbons (Fsp3) is 0.600. The van der Waals surface area contributed by atoms with Crippen LogP contribution in [0.15, 0.2) is 18.2 Å². The van der Waals surface area contributed by atoms with Crippen LogP contribution in [0.2, 0.25) is 0 Å². The van der Waals surface area contributed by atoms with Gasteiger partial charge < -0.3 is 9.64 Å². The van der Waals surface area contributed by atoms with Crippen LogP contribution in [0.3, 0.4) is 0 Å². The van der Waals surface area contributed by atoms with E-state index >= 15 is 0 Å². The normalized spacial score (nSPS) is 13.5. The van der Waals surface area contributed by atoms with Crippen molar-refractivity contribution in [2.45, 2.75) is 64.9 Å². The molecule has 0 spiro atoms. The van der Waals surface area contributed by atoms with Gasteiger partial charge in [0, 0.05) is 20.0 Å². The van der Waals surface area contributed by atoms with E-state index in [1.807, 2.05) is 20.8 Å². The first kappa shape index (κ1) is 18.5. The minimum Gasteiger partial charge on any atom is -0.460 e. The van der Waals surface area contributed by atoms with E-state index in [0.717, 1.165) is 18.4 Å². The Balaban J connectivity index is 1.75. The van der Waals surface area contributed by atoms with E-state index in [0.29, 0.717) is 25.8 Å². The predicted molar refractivity (Wildman–Crippen MR) is 94.9 cm³/mol. The van der Waals surface area contributed by atoms with Crippen molar-refractivity contribution < 1.29 is 14.3 Å². The zero-order valence-electron chi connectivity index (χ0n) is 15.4. The van der Waals surface area contributed by atoms with Crippen LogP contribution in [0.25, 0.3) is 0 Å². The van der Waals surface area contributed by atoms with Crippen LogP contribution in [-0.4, -0.2) is 36.0 Å². The van der Waals surface area contributed by atoms with Gasteiger partial charge in [0.2, 0.25) is 5.91 Å². The Hall–Kier alpha value is -1.84. The second-order valence-corrected chi connectivity index (χ2v) is 7.64. The summed E-state index contributed by atoms with van der Waals surface area (Å²) in [6, 6.07) is 6.40. The quantitative estimate of drug-likeness (QED) is 0.752. The average Bonchev–Trinajstić information content (AvgIpc) is 2.92. The molecule has 24 heavy (non-hydrogen) atoms. The molecule has 0 aromatic heterocycles. The number of nitrogens with zero attached hydrogens (tertiary/aromatic N) is 1. The summed E-state index contributed by atoms with van der Waals surface area (Å²) in [6.07, 6.45) is 4.90. The van der Waals surface area contributed by atoms with Crippen molar-refractivity contribution in [1.29, 1.82) is 0 Å². The van der Waals surface area contributed by atoms with Gasteiger partial charge in [0.05, 0.1) is 6.42 Å². The van der Waals surface area contributed by atoms with Gasteiger partial charge in [0.25, 0.3) is 0 Å². The molecule has 1 amide bonds. The van der Waals surface area contributed by atoms with Gasteiger partial charge in [0.1, 0.15) is 5.60 Å². The number of esters is 1. The molecular formula is C20H29NO3. The summed E-state index contributed by atoms with van der Waals surface area (Å²) >= 11 is 0. The van der Waals surface area contributed by atoms with Crippen LogP contribution < -0.4 is 0 Å². The third kappa shape index (κ3) is 5.66. The Bertz CT molecular complexity index is 601. The van der Waals surface area contributed by atoms with Crippen LogP contribution in [0, 0.1) is 0 Å². The average molecular weight is 331 g/mol. The molecule has 0 unspecified atom stereocenters. The molecule has 2 rings (SSSR count). The number of carbonyl (C=O) groups excluding carboxylic acids is 2. The van der Waals surface area contributed by atoms with Crippen LogP contribution in [0.1, 0.15) is 56.7 Å². The zero-order chi connectivity index (χ0) is 17.7. The molecular weight excluding hydrogens is 302 g/mol. The second-order valence-electron chi connectivity index (χ2n) is 7.64. The van der Waals surface area contributed by atoms with Crippen molar-refractivity contribution in [3.05, 3.63) is 34.9 Å². The first-order valence-electron chi connectivity index (χ1n) is 8.81. The van der Waals surface area contributed by atoms with Crippen molar-refractivity contribution >= 4 is 11.9 Å². The predicted octanol–water partition coefficient (Wildman–Crippen LogP) is 3.30. The number of carbonyl (C=O) groups is 2. The third-order valence-electron chi connectivity index (χ3n) is 4.24. The Morgan fingerprint density at radius 3 is 2.58 bits per heavy atom. The molecule has 1 aliphatic rings. The monoisotopic (exact) mass is 331 g/mol. The molecule has 0 saturated carbocycles. The van der Waals surface area contributed by atoms with Gasteiger partial charge in [-0.25, -0.2) is 0 Å². The van der Waals surface area contributed by atoms with Crippen molar-refractivity contribution in [3.63, 3.8) is 0 Å². The molecule has 0 fully saturated rings. The number of aryl methyl sites for hydroxylation is 2. The first-order valence-corrected chi connectivity index (χ1v) is 8.81. The topological polar surface area (TPSA) is 46.6 Å². The maximum Gasteiger partial charge on any atom is 0.306 e. The van der Waals surface area contributed by atoms with Crippen molar-refractivity contribution in [2.24, 2.45) is 0 Å². The molecule has 4 nitrogen and oxygen atoms in total. The van der Waals surface area contributed by atoms with Crippen LogP contribution >= 0.6 is 0 Å². The first-order chi connectivity index (χ1) is 11.2. The largest absolute Gasteiger partial charge is 0.460 e. The van der Waals surface area contributed by atoms with Crippen LogP contribution in [-0.2, 0) is 33.6 Å². The summed E-state index contributed by atoms with van der Waals surface area (Å²) in [5.74, 6) is -0.112. The minimum absolute atomic E-state index is 0.0946. The number of likely N-dealkylation sites (N-methyl/N-ethyl adjacent to an activating group) is 1. The maximum atomic E-state index is 12.3. The molecule has 0 N–H and O–H groups in total. The highest BCUT2D eigenvalue weighted by molar-refractivity contribution is 5.78. The molecule has 1 aliphatic carbocycles. The van der Waals surface area contributed by atoms with Gasteiger partial charge in [0.15, 0.2) is 0 Å². The minimum atomic E-state index is -0.452. The van der Waals surface area contributed by atoms with E-state index in [1.165, 1.54) is 17.5 Å². The number of benzene rings is 1. The highest BCUT2D eigenvalue weighted by Crippen LogP contribution is 2.23. The Morgan fingerprint density at radius 1 is 1.17 bits per heavy atom. The number of ether oxygens (including phenoxy) is 1. The van der Waals surface area contributed by atoms with Gasteiger partial charge in [-0.15, -0.1) is 0 Å². The van der Waals surface area contributed by atoms with Crippen molar-refractivity contribution in [1.82, 2.24) is 4.90 Å². The summed E-state index contributed by atoms with van der Waals surface area (Å²) in [7, 11) is 1.80. The zero-order valence-corrected chi connectivity index (χ0v) is 15.4. The Labute approximate surface area is 145 Å². The van der Waals surface area contributed by atoms with E-state index < -0.39 is 5.60 Å². The molecule has 0 radical (unpaired) electrons. The third-order valence-corrected chi connectivity index (χ3v) is 4.24. The molecule has 132 valence electrons. The van der Waals surface area contributed by atoms with Gasteiger partial charge in [-0.3, -0.25) is 9.59 Å². The molecule has 0 atom stereocenters. The van der Waals surface area contributed by atoms with Gasteiger partial charge in [-0.1, -0.05) is 18.2 Å². The molecule has 1 aromatic rings. The van der Waals surface area contributed by atoms with E-state index in [1.54, 1.807) is 11.9 Å². The molecule has 1 aromatic carbocycles. The summed E-state index contributed by atoms with van der Waals surface area (Å²) in [4.78, 5) is 25.7. The Kier molecular flexibility index (Phi) is 6.03.